The lowest BCUT2D eigenvalue weighted by molar-refractivity contribution is -0.138. The molecule has 0 amide bonds. The van der Waals surface area contributed by atoms with Gasteiger partial charge in [0.05, 0.1) is 6.04 Å². The molecule has 2 bridgehead atoms. The van der Waals surface area contributed by atoms with Gasteiger partial charge in [0.25, 0.3) is 0 Å². The van der Waals surface area contributed by atoms with Crippen molar-refractivity contribution in [1.29, 1.82) is 0 Å². The van der Waals surface area contributed by atoms with Crippen LogP contribution in [-0.2, 0) is 11.2 Å². The van der Waals surface area contributed by atoms with Crippen LogP contribution in [0.2, 0.25) is 0 Å². The van der Waals surface area contributed by atoms with Gasteiger partial charge in [-0.15, -0.1) is 0 Å². The standard InChI is InChI=1S/C20H22N2O/c23-20-16-8-11-22(12-9-16)19(20)18(17-7-4-10-21-14-17)13-15-5-2-1-3-6-15/h1-7,10,14,16,18-19H,8-9,11-13H2. The molecule has 0 spiro atoms. The van der Waals surface area contributed by atoms with E-state index in [1.807, 2.05) is 18.3 Å². The fourth-order valence-electron chi connectivity index (χ4n) is 4.21. The molecule has 0 saturated carbocycles. The van der Waals surface area contributed by atoms with Crippen LogP contribution in [0.1, 0.15) is 29.9 Å². The first-order valence-electron chi connectivity index (χ1n) is 8.54. The average molecular weight is 306 g/mol. The first kappa shape index (κ1) is 14.6. The SMILES string of the molecule is O=C1C2CCN(CC2)C1C(Cc1ccccc1)c1cccnc1. The van der Waals surface area contributed by atoms with E-state index in [0.29, 0.717) is 5.78 Å². The van der Waals surface area contributed by atoms with Gasteiger partial charge in [-0.1, -0.05) is 36.4 Å². The van der Waals surface area contributed by atoms with Gasteiger partial charge in [0.15, 0.2) is 5.78 Å². The molecule has 3 fully saturated rings. The van der Waals surface area contributed by atoms with Crippen LogP contribution in [0.15, 0.2) is 54.9 Å². The fourth-order valence-corrected chi connectivity index (χ4v) is 4.21. The lowest BCUT2D eigenvalue weighted by Gasteiger charge is -2.47. The van der Waals surface area contributed by atoms with Crippen LogP contribution in [-0.4, -0.2) is 34.8 Å². The Labute approximate surface area is 137 Å². The van der Waals surface area contributed by atoms with Crippen molar-refractivity contribution in [3.8, 4) is 0 Å². The van der Waals surface area contributed by atoms with Crippen molar-refractivity contribution < 1.29 is 4.79 Å². The number of nitrogens with zero attached hydrogens (tertiary/aromatic N) is 2. The molecule has 3 aliphatic heterocycles. The highest BCUT2D eigenvalue weighted by Crippen LogP contribution is 2.37. The first-order chi connectivity index (χ1) is 11.3. The Morgan fingerprint density at radius 1 is 1.09 bits per heavy atom. The van der Waals surface area contributed by atoms with Gasteiger partial charge >= 0.3 is 0 Å². The van der Waals surface area contributed by atoms with Crippen molar-refractivity contribution in [2.75, 3.05) is 13.1 Å². The van der Waals surface area contributed by atoms with Crippen LogP contribution in [0.3, 0.4) is 0 Å². The minimum absolute atomic E-state index is 0.0203. The summed E-state index contributed by atoms with van der Waals surface area (Å²) in [5.74, 6) is 0.925. The molecule has 0 aliphatic carbocycles. The maximum Gasteiger partial charge on any atom is 0.153 e. The summed E-state index contributed by atoms with van der Waals surface area (Å²) in [7, 11) is 0. The lowest BCUT2D eigenvalue weighted by atomic mass is 9.74. The summed E-state index contributed by atoms with van der Waals surface area (Å²) < 4.78 is 0. The molecule has 3 saturated heterocycles. The average Bonchev–Trinajstić information content (AvgIpc) is 2.63. The van der Waals surface area contributed by atoms with Crippen LogP contribution < -0.4 is 0 Å². The monoisotopic (exact) mass is 306 g/mol. The summed E-state index contributed by atoms with van der Waals surface area (Å²) in [6.07, 6.45) is 6.72. The number of hydrogen-bond donors (Lipinski definition) is 0. The van der Waals surface area contributed by atoms with Crippen molar-refractivity contribution >= 4 is 5.78 Å². The molecule has 4 heterocycles. The molecule has 2 atom stereocenters. The molecule has 118 valence electrons. The Bertz CT molecular complexity index is 663. The van der Waals surface area contributed by atoms with Crippen molar-refractivity contribution in [3.63, 3.8) is 0 Å². The Morgan fingerprint density at radius 2 is 1.87 bits per heavy atom. The van der Waals surface area contributed by atoms with Crippen LogP contribution in [0.4, 0.5) is 0 Å². The van der Waals surface area contributed by atoms with Gasteiger partial charge < -0.3 is 0 Å². The van der Waals surface area contributed by atoms with E-state index in [1.54, 1.807) is 6.20 Å². The highest BCUT2D eigenvalue weighted by molar-refractivity contribution is 5.89. The normalized spacial score (nSPS) is 27.8. The molecule has 23 heavy (non-hydrogen) atoms. The van der Waals surface area contributed by atoms with E-state index >= 15 is 0 Å². The predicted octanol–water partition coefficient (Wildman–Crippen LogP) is 3.07. The summed E-state index contributed by atoms with van der Waals surface area (Å²) in [5.41, 5.74) is 2.47. The molecular formula is C20H22N2O. The first-order valence-corrected chi connectivity index (χ1v) is 8.54. The van der Waals surface area contributed by atoms with Crippen LogP contribution in [0, 0.1) is 5.92 Å². The van der Waals surface area contributed by atoms with E-state index in [2.05, 4.69) is 40.2 Å². The zero-order chi connectivity index (χ0) is 15.6. The van der Waals surface area contributed by atoms with Crippen LogP contribution in [0.25, 0.3) is 0 Å². The fraction of sp³-hybridized carbons (Fsp3) is 0.400. The number of carbonyl (C=O) groups excluding carboxylic acids is 1. The van der Waals surface area contributed by atoms with Gasteiger partial charge in [0, 0.05) is 24.2 Å². The largest absolute Gasteiger partial charge is 0.298 e. The van der Waals surface area contributed by atoms with E-state index < -0.39 is 0 Å². The summed E-state index contributed by atoms with van der Waals surface area (Å²) >= 11 is 0. The Hall–Kier alpha value is -2.00. The van der Waals surface area contributed by atoms with Crippen molar-refractivity contribution in [3.05, 3.63) is 66.0 Å². The third kappa shape index (κ3) is 2.81. The maximum absolute atomic E-state index is 12.9. The number of aromatic nitrogens is 1. The number of ketones is 1. The highest BCUT2D eigenvalue weighted by Gasteiger charge is 2.45. The Morgan fingerprint density at radius 3 is 2.52 bits per heavy atom. The number of hydrogen-bond acceptors (Lipinski definition) is 3. The molecule has 5 rings (SSSR count). The van der Waals surface area contributed by atoms with Gasteiger partial charge in [-0.3, -0.25) is 14.7 Å². The number of Topliss-reactive ketones (excluding diaryl/α,β-unsaturated/α-hetero) is 1. The number of pyridine rings is 1. The number of benzene rings is 1. The zero-order valence-corrected chi connectivity index (χ0v) is 13.3. The third-order valence-electron chi connectivity index (χ3n) is 5.41. The van der Waals surface area contributed by atoms with Gasteiger partial charge in [-0.2, -0.15) is 0 Å². The smallest absolute Gasteiger partial charge is 0.153 e. The second-order valence-corrected chi connectivity index (χ2v) is 6.74. The zero-order valence-electron chi connectivity index (χ0n) is 13.3. The minimum Gasteiger partial charge on any atom is -0.298 e. The van der Waals surface area contributed by atoms with E-state index in [4.69, 9.17) is 0 Å². The summed E-state index contributed by atoms with van der Waals surface area (Å²) in [4.78, 5) is 19.6. The third-order valence-corrected chi connectivity index (χ3v) is 5.41. The molecule has 2 unspecified atom stereocenters. The second-order valence-electron chi connectivity index (χ2n) is 6.74. The highest BCUT2D eigenvalue weighted by atomic mass is 16.1. The van der Waals surface area contributed by atoms with Crippen molar-refractivity contribution in [1.82, 2.24) is 9.88 Å². The Kier molecular flexibility index (Phi) is 3.96. The molecule has 1 aromatic heterocycles. The summed E-state index contributed by atoms with van der Waals surface area (Å²) in [6.45, 7) is 2.12. The molecule has 2 aromatic rings. The van der Waals surface area contributed by atoms with Gasteiger partial charge in [0.1, 0.15) is 0 Å². The molecule has 0 radical (unpaired) electrons. The Balaban J connectivity index is 1.69. The van der Waals surface area contributed by atoms with Crippen LogP contribution >= 0.6 is 0 Å². The molecule has 3 nitrogen and oxygen atoms in total. The molecule has 3 heteroatoms. The van der Waals surface area contributed by atoms with Crippen LogP contribution in [0.5, 0.6) is 0 Å². The second kappa shape index (κ2) is 6.25. The predicted molar refractivity (Wildman–Crippen MR) is 90.2 cm³/mol. The van der Waals surface area contributed by atoms with E-state index in [1.165, 1.54) is 11.1 Å². The lowest BCUT2D eigenvalue weighted by Crippen LogP contribution is -2.57. The molecule has 3 aliphatic rings. The topological polar surface area (TPSA) is 33.2 Å². The quantitative estimate of drug-likeness (QED) is 0.870. The summed E-state index contributed by atoms with van der Waals surface area (Å²) in [6, 6.07) is 14.6. The number of carbonyl (C=O) groups is 1. The molecular weight excluding hydrogens is 284 g/mol. The van der Waals surface area contributed by atoms with E-state index in [-0.39, 0.29) is 17.9 Å². The maximum atomic E-state index is 12.9. The van der Waals surface area contributed by atoms with Gasteiger partial charge in [0.2, 0.25) is 0 Å². The van der Waals surface area contributed by atoms with E-state index in [9.17, 15) is 4.79 Å². The molecule has 0 N–H and O–H groups in total. The van der Waals surface area contributed by atoms with Gasteiger partial charge in [-0.25, -0.2) is 0 Å². The van der Waals surface area contributed by atoms with Gasteiger partial charge in [-0.05, 0) is 49.5 Å². The number of fused-ring (bicyclic) bond motifs is 3. The van der Waals surface area contributed by atoms with Crippen molar-refractivity contribution in [2.45, 2.75) is 31.2 Å². The number of piperidine rings is 3. The van der Waals surface area contributed by atoms with E-state index in [0.717, 1.165) is 32.4 Å². The minimum atomic E-state index is 0.0203. The van der Waals surface area contributed by atoms with Crippen molar-refractivity contribution in [2.24, 2.45) is 5.92 Å². The molecule has 1 aromatic carbocycles. The number of rotatable bonds is 4. The summed E-state index contributed by atoms with van der Waals surface area (Å²) in [5, 5.41) is 0.